The summed E-state index contributed by atoms with van der Waals surface area (Å²) in [5.41, 5.74) is 0.874. The molecule has 0 aromatic rings. The molecule has 0 heterocycles. The molecule has 0 aromatic heterocycles. The lowest BCUT2D eigenvalue weighted by Crippen LogP contribution is -2.20. The highest BCUT2D eigenvalue weighted by atomic mass is 16.2. The van der Waals surface area contributed by atoms with Crippen molar-refractivity contribution >= 4 is 5.91 Å². The highest BCUT2D eigenvalue weighted by Gasteiger charge is 1.97. The maximum atomic E-state index is 10.9. The first-order valence-electron chi connectivity index (χ1n) is 3.15. The van der Waals surface area contributed by atoms with Crippen LogP contribution in [0.1, 0.15) is 6.92 Å². The first kappa shape index (κ1) is 9.01. The smallest absolute Gasteiger partial charge is 0.247 e. The highest BCUT2D eigenvalue weighted by molar-refractivity contribution is 5.87. The van der Waals surface area contributed by atoms with Gasteiger partial charge in [-0.3, -0.25) is 4.79 Å². The fourth-order valence-electron chi connectivity index (χ4n) is 0.386. The van der Waals surface area contributed by atoms with Gasteiger partial charge in [0.05, 0.1) is 0 Å². The zero-order chi connectivity index (χ0) is 8.15. The molecule has 0 saturated heterocycles. The quantitative estimate of drug-likeness (QED) is 0.558. The average molecular weight is 142 g/mol. The largest absolute Gasteiger partial charge is 0.391 e. The molecule has 3 nitrogen and oxygen atoms in total. The second-order valence-corrected chi connectivity index (χ2v) is 2.31. The van der Waals surface area contributed by atoms with Crippen LogP contribution in [0.25, 0.3) is 0 Å². The molecule has 58 valence electrons. The van der Waals surface area contributed by atoms with E-state index in [1.54, 1.807) is 27.2 Å². The van der Waals surface area contributed by atoms with Crippen LogP contribution >= 0.6 is 0 Å². The number of nitrogens with one attached hydrogen (secondary N) is 1. The Bertz CT molecular complexity index is 150. The van der Waals surface area contributed by atoms with Crippen LogP contribution < -0.4 is 5.32 Å². The Morgan fingerprint density at radius 2 is 2.00 bits per heavy atom. The molecule has 0 bridgehead atoms. The molecule has 0 aliphatic rings. The lowest BCUT2D eigenvalue weighted by Gasteiger charge is -2.06. The molecular formula is C7H14N2O. The molecule has 0 aliphatic carbocycles. The number of hydrogen-bond donors (Lipinski definition) is 1. The topological polar surface area (TPSA) is 32.3 Å². The monoisotopic (exact) mass is 142 g/mol. The number of likely N-dealkylation sites (N-methyl/N-ethyl adjacent to an activating group) is 1. The third kappa shape index (κ3) is 3.12. The van der Waals surface area contributed by atoms with Gasteiger partial charge in [0.2, 0.25) is 5.91 Å². The second kappa shape index (κ2) is 3.93. The molecule has 0 aromatic carbocycles. The molecule has 0 spiro atoms. The SMILES string of the molecule is CNC(C)=CC(=O)N(C)C. The Labute approximate surface area is 61.7 Å². The molecular weight excluding hydrogens is 128 g/mol. The normalized spacial score (nSPS) is 11.0. The molecule has 3 heteroatoms. The predicted octanol–water partition coefficient (Wildman–Crippen LogP) is 0.198. The Hall–Kier alpha value is -0.990. The van der Waals surface area contributed by atoms with E-state index in [2.05, 4.69) is 5.32 Å². The number of hydrogen-bond acceptors (Lipinski definition) is 2. The van der Waals surface area contributed by atoms with Crippen molar-refractivity contribution in [1.29, 1.82) is 0 Å². The van der Waals surface area contributed by atoms with Gasteiger partial charge in [0.15, 0.2) is 0 Å². The van der Waals surface area contributed by atoms with Crippen molar-refractivity contribution in [3.63, 3.8) is 0 Å². The summed E-state index contributed by atoms with van der Waals surface area (Å²) in [5.74, 6) is 0.00634. The van der Waals surface area contributed by atoms with Gasteiger partial charge in [-0.2, -0.15) is 0 Å². The van der Waals surface area contributed by atoms with Crippen LogP contribution in [-0.4, -0.2) is 32.0 Å². The van der Waals surface area contributed by atoms with Gasteiger partial charge in [0, 0.05) is 32.9 Å². The molecule has 0 unspecified atom stereocenters. The number of amides is 1. The summed E-state index contributed by atoms with van der Waals surface area (Å²) in [4.78, 5) is 12.5. The first-order valence-corrected chi connectivity index (χ1v) is 3.15. The van der Waals surface area contributed by atoms with E-state index in [1.165, 1.54) is 4.90 Å². The molecule has 0 fully saturated rings. The van der Waals surface area contributed by atoms with Crippen LogP contribution in [0.5, 0.6) is 0 Å². The third-order valence-electron chi connectivity index (χ3n) is 1.18. The fraction of sp³-hybridized carbons (Fsp3) is 0.571. The van der Waals surface area contributed by atoms with E-state index in [4.69, 9.17) is 0 Å². The van der Waals surface area contributed by atoms with E-state index < -0.39 is 0 Å². The predicted molar refractivity (Wildman–Crippen MR) is 41.5 cm³/mol. The number of rotatable bonds is 2. The minimum atomic E-state index is 0.00634. The van der Waals surface area contributed by atoms with E-state index in [0.717, 1.165) is 5.70 Å². The van der Waals surface area contributed by atoms with Gasteiger partial charge in [-0.15, -0.1) is 0 Å². The van der Waals surface area contributed by atoms with Gasteiger partial charge in [0.25, 0.3) is 0 Å². The first-order chi connectivity index (χ1) is 4.57. The van der Waals surface area contributed by atoms with Crippen molar-refractivity contribution in [3.05, 3.63) is 11.8 Å². The van der Waals surface area contributed by atoms with Crippen molar-refractivity contribution in [1.82, 2.24) is 10.2 Å². The summed E-state index contributed by atoms with van der Waals surface area (Å²) < 4.78 is 0. The summed E-state index contributed by atoms with van der Waals surface area (Å²) in [6, 6.07) is 0. The van der Waals surface area contributed by atoms with Crippen molar-refractivity contribution < 1.29 is 4.79 Å². The van der Waals surface area contributed by atoms with E-state index >= 15 is 0 Å². The molecule has 1 amide bonds. The number of nitrogens with zero attached hydrogens (tertiary/aromatic N) is 1. The third-order valence-corrected chi connectivity index (χ3v) is 1.18. The minimum absolute atomic E-state index is 0.00634. The van der Waals surface area contributed by atoms with Gasteiger partial charge in [-0.1, -0.05) is 0 Å². The molecule has 0 saturated carbocycles. The summed E-state index contributed by atoms with van der Waals surface area (Å²) >= 11 is 0. The second-order valence-electron chi connectivity index (χ2n) is 2.31. The van der Waals surface area contributed by atoms with Crippen molar-refractivity contribution in [2.24, 2.45) is 0 Å². The molecule has 0 radical (unpaired) electrons. The number of carbonyl (C=O) groups is 1. The number of carbonyl (C=O) groups excluding carboxylic acids is 1. The Morgan fingerprint density at radius 1 is 1.50 bits per heavy atom. The van der Waals surface area contributed by atoms with Crippen molar-refractivity contribution in [2.75, 3.05) is 21.1 Å². The zero-order valence-electron chi connectivity index (χ0n) is 6.93. The number of allylic oxidation sites excluding steroid dienone is 1. The van der Waals surface area contributed by atoms with Gasteiger partial charge in [0.1, 0.15) is 0 Å². The molecule has 0 atom stereocenters. The highest BCUT2D eigenvalue weighted by Crippen LogP contribution is 1.87. The Kier molecular flexibility index (Phi) is 3.54. The van der Waals surface area contributed by atoms with Crippen LogP contribution in [0.15, 0.2) is 11.8 Å². The molecule has 10 heavy (non-hydrogen) atoms. The van der Waals surface area contributed by atoms with Gasteiger partial charge in [-0.25, -0.2) is 0 Å². The minimum Gasteiger partial charge on any atom is -0.391 e. The van der Waals surface area contributed by atoms with Crippen LogP contribution in [0.3, 0.4) is 0 Å². The summed E-state index contributed by atoms with van der Waals surface area (Å²) in [5, 5.41) is 2.86. The molecule has 0 aliphatic heterocycles. The summed E-state index contributed by atoms with van der Waals surface area (Å²) in [7, 11) is 5.23. The van der Waals surface area contributed by atoms with E-state index in [9.17, 15) is 4.79 Å². The fourth-order valence-corrected chi connectivity index (χ4v) is 0.386. The summed E-state index contributed by atoms with van der Waals surface area (Å²) in [6.45, 7) is 1.85. The maximum absolute atomic E-state index is 10.9. The van der Waals surface area contributed by atoms with E-state index in [1.807, 2.05) is 6.92 Å². The van der Waals surface area contributed by atoms with Crippen LogP contribution in [0.4, 0.5) is 0 Å². The maximum Gasteiger partial charge on any atom is 0.247 e. The van der Waals surface area contributed by atoms with Crippen LogP contribution in [-0.2, 0) is 4.79 Å². The summed E-state index contributed by atoms with van der Waals surface area (Å²) in [6.07, 6.45) is 1.56. The van der Waals surface area contributed by atoms with E-state index in [0.29, 0.717) is 0 Å². The Morgan fingerprint density at radius 3 is 2.30 bits per heavy atom. The van der Waals surface area contributed by atoms with E-state index in [-0.39, 0.29) is 5.91 Å². The van der Waals surface area contributed by atoms with Gasteiger partial charge in [-0.05, 0) is 6.92 Å². The standard InChI is InChI=1S/C7H14N2O/c1-6(8-2)5-7(10)9(3)4/h5,8H,1-4H3. The molecule has 0 rings (SSSR count). The zero-order valence-corrected chi connectivity index (χ0v) is 6.93. The van der Waals surface area contributed by atoms with Crippen LogP contribution in [0.2, 0.25) is 0 Å². The van der Waals surface area contributed by atoms with Gasteiger partial charge < -0.3 is 10.2 Å². The van der Waals surface area contributed by atoms with Gasteiger partial charge >= 0.3 is 0 Å². The average Bonchev–Trinajstić information content (AvgIpc) is 1.87. The van der Waals surface area contributed by atoms with Crippen molar-refractivity contribution in [3.8, 4) is 0 Å². The lowest BCUT2D eigenvalue weighted by atomic mass is 10.4. The Balaban J connectivity index is 4.00. The molecule has 1 N–H and O–H groups in total. The van der Waals surface area contributed by atoms with Crippen molar-refractivity contribution in [2.45, 2.75) is 6.92 Å². The lowest BCUT2D eigenvalue weighted by molar-refractivity contribution is -0.123. The van der Waals surface area contributed by atoms with Crippen LogP contribution in [0, 0.1) is 0 Å².